The Morgan fingerprint density at radius 1 is 1.25 bits per heavy atom. The Labute approximate surface area is 137 Å². The second kappa shape index (κ2) is 6.45. The van der Waals surface area contributed by atoms with Gasteiger partial charge in [-0.15, -0.1) is 0 Å². The van der Waals surface area contributed by atoms with Crippen LogP contribution in [0.15, 0.2) is 36.7 Å². The average molecular weight is 325 g/mol. The van der Waals surface area contributed by atoms with E-state index in [2.05, 4.69) is 20.3 Å². The fraction of sp³-hybridized carbons (Fsp3) is 0.188. The molecule has 8 heteroatoms. The Balaban J connectivity index is 2.11. The van der Waals surface area contributed by atoms with Crippen LogP contribution in [0.1, 0.15) is 12.6 Å². The summed E-state index contributed by atoms with van der Waals surface area (Å²) in [5.74, 6) is 0.402. The summed E-state index contributed by atoms with van der Waals surface area (Å²) >= 11 is 0. The van der Waals surface area contributed by atoms with E-state index >= 15 is 0 Å². The first-order chi connectivity index (χ1) is 11.6. The summed E-state index contributed by atoms with van der Waals surface area (Å²) in [6.45, 7) is 4.18. The van der Waals surface area contributed by atoms with Gasteiger partial charge in [0.05, 0.1) is 4.92 Å². The lowest BCUT2D eigenvalue weighted by Gasteiger charge is -2.10. The predicted molar refractivity (Wildman–Crippen MR) is 89.4 cm³/mol. The number of nitro groups is 1. The number of hydrogen-bond donors (Lipinski definition) is 1. The van der Waals surface area contributed by atoms with Gasteiger partial charge in [-0.3, -0.25) is 10.1 Å². The van der Waals surface area contributed by atoms with E-state index in [1.165, 1.54) is 6.33 Å². The number of aryl methyl sites for hydroxylation is 1. The highest BCUT2D eigenvalue weighted by Crippen LogP contribution is 2.36. The van der Waals surface area contributed by atoms with Crippen LogP contribution in [-0.2, 0) is 0 Å². The third-order valence-corrected chi connectivity index (χ3v) is 3.34. The molecule has 0 aliphatic heterocycles. The number of hydrogen-bond acceptors (Lipinski definition) is 7. The van der Waals surface area contributed by atoms with Crippen LogP contribution in [0.4, 0.5) is 11.5 Å². The summed E-state index contributed by atoms with van der Waals surface area (Å²) in [7, 11) is 0. The standard InChI is InChI=1S/C16H15N5O3/c1-3-17-15-14(21(22)23)16(19-9-18-15)24-12-6-4-5-11-8-7-10(2)20-13(11)12/h4-9H,3H2,1-2H3,(H,17,18,19). The summed E-state index contributed by atoms with van der Waals surface area (Å²) in [5.41, 5.74) is 1.14. The molecule has 0 atom stereocenters. The fourth-order valence-electron chi connectivity index (χ4n) is 2.30. The quantitative estimate of drug-likeness (QED) is 0.566. The first-order valence-corrected chi connectivity index (χ1v) is 7.37. The topological polar surface area (TPSA) is 103 Å². The fourth-order valence-corrected chi connectivity index (χ4v) is 2.30. The first kappa shape index (κ1) is 15.6. The van der Waals surface area contributed by atoms with Crippen LogP contribution in [0, 0.1) is 17.0 Å². The van der Waals surface area contributed by atoms with Crippen LogP contribution >= 0.6 is 0 Å². The molecular weight excluding hydrogens is 310 g/mol. The lowest BCUT2D eigenvalue weighted by molar-refractivity contribution is -0.385. The zero-order valence-electron chi connectivity index (χ0n) is 13.2. The highest BCUT2D eigenvalue weighted by Gasteiger charge is 2.25. The number of para-hydroxylation sites is 1. The van der Waals surface area contributed by atoms with Crippen molar-refractivity contribution in [3.63, 3.8) is 0 Å². The molecule has 0 saturated carbocycles. The third-order valence-electron chi connectivity index (χ3n) is 3.34. The number of nitrogens with zero attached hydrogens (tertiary/aromatic N) is 4. The minimum Gasteiger partial charge on any atom is -0.431 e. The zero-order valence-corrected chi connectivity index (χ0v) is 13.2. The van der Waals surface area contributed by atoms with Crippen molar-refractivity contribution in [3.8, 4) is 11.6 Å². The maximum absolute atomic E-state index is 11.4. The normalized spacial score (nSPS) is 10.6. The SMILES string of the molecule is CCNc1ncnc(Oc2cccc3ccc(C)nc23)c1[N+](=O)[O-]. The van der Waals surface area contributed by atoms with Crippen LogP contribution < -0.4 is 10.1 Å². The molecule has 122 valence electrons. The van der Waals surface area contributed by atoms with Gasteiger partial charge in [0.15, 0.2) is 5.75 Å². The summed E-state index contributed by atoms with van der Waals surface area (Å²) in [6, 6.07) is 9.21. The van der Waals surface area contributed by atoms with Gasteiger partial charge in [0.1, 0.15) is 11.8 Å². The number of fused-ring (bicyclic) bond motifs is 1. The molecule has 0 radical (unpaired) electrons. The highest BCUT2D eigenvalue weighted by atomic mass is 16.6. The number of pyridine rings is 1. The second-order valence-corrected chi connectivity index (χ2v) is 5.05. The molecule has 0 unspecified atom stereocenters. The van der Waals surface area contributed by atoms with Crippen LogP contribution in [0.3, 0.4) is 0 Å². The minimum atomic E-state index is -0.558. The Morgan fingerprint density at radius 2 is 2.08 bits per heavy atom. The van der Waals surface area contributed by atoms with E-state index in [0.717, 1.165) is 11.1 Å². The first-order valence-electron chi connectivity index (χ1n) is 7.37. The van der Waals surface area contributed by atoms with Crippen molar-refractivity contribution in [2.45, 2.75) is 13.8 Å². The van der Waals surface area contributed by atoms with Crippen LogP contribution in [-0.4, -0.2) is 26.4 Å². The van der Waals surface area contributed by atoms with E-state index in [4.69, 9.17) is 4.74 Å². The average Bonchev–Trinajstić information content (AvgIpc) is 2.55. The van der Waals surface area contributed by atoms with Crippen molar-refractivity contribution >= 4 is 22.4 Å². The number of ether oxygens (including phenoxy) is 1. The zero-order chi connectivity index (χ0) is 17.1. The Bertz CT molecular complexity index is 913. The molecule has 24 heavy (non-hydrogen) atoms. The number of benzene rings is 1. The van der Waals surface area contributed by atoms with Crippen molar-refractivity contribution in [1.29, 1.82) is 0 Å². The smallest absolute Gasteiger partial charge is 0.373 e. The summed E-state index contributed by atoms with van der Waals surface area (Å²) < 4.78 is 5.73. The Kier molecular flexibility index (Phi) is 4.19. The van der Waals surface area contributed by atoms with E-state index in [-0.39, 0.29) is 17.4 Å². The minimum absolute atomic E-state index is 0.122. The van der Waals surface area contributed by atoms with Crippen molar-refractivity contribution < 1.29 is 9.66 Å². The van der Waals surface area contributed by atoms with E-state index in [1.54, 1.807) is 12.1 Å². The molecule has 0 bridgehead atoms. The van der Waals surface area contributed by atoms with E-state index in [9.17, 15) is 10.1 Å². The lowest BCUT2D eigenvalue weighted by atomic mass is 10.2. The highest BCUT2D eigenvalue weighted by molar-refractivity contribution is 5.85. The number of anilines is 1. The molecule has 0 aliphatic carbocycles. The summed E-state index contributed by atoms with van der Waals surface area (Å²) in [4.78, 5) is 23.1. The number of nitrogens with one attached hydrogen (secondary N) is 1. The molecule has 1 aromatic carbocycles. The van der Waals surface area contributed by atoms with Gasteiger partial charge in [-0.05, 0) is 26.0 Å². The Hall–Kier alpha value is -3.29. The molecule has 8 nitrogen and oxygen atoms in total. The van der Waals surface area contributed by atoms with Crippen LogP contribution in [0.2, 0.25) is 0 Å². The van der Waals surface area contributed by atoms with E-state index in [0.29, 0.717) is 17.8 Å². The molecular formula is C16H15N5O3. The van der Waals surface area contributed by atoms with Gasteiger partial charge in [0.25, 0.3) is 0 Å². The molecule has 2 aromatic heterocycles. The second-order valence-electron chi connectivity index (χ2n) is 5.05. The van der Waals surface area contributed by atoms with Gasteiger partial charge in [-0.2, -0.15) is 4.98 Å². The van der Waals surface area contributed by atoms with Gasteiger partial charge >= 0.3 is 11.6 Å². The predicted octanol–water partition coefficient (Wildman–Crippen LogP) is 3.47. The van der Waals surface area contributed by atoms with Crippen molar-refractivity contribution in [3.05, 3.63) is 52.5 Å². The van der Waals surface area contributed by atoms with E-state index < -0.39 is 4.92 Å². The lowest BCUT2D eigenvalue weighted by Crippen LogP contribution is -2.06. The van der Waals surface area contributed by atoms with Gasteiger partial charge in [0, 0.05) is 17.6 Å². The Morgan fingerprint density at radius 3 is 2.83 bits per heavy atom. The molecule has 0 saturated heterocycles. The maximum Gasteiger partial charge on any atom is 0.373 e. The molecule has 1 N–H and O–H groups in total. The van der Waals surface area contributed by atoms with Crippen molar-refractivity contribution in [1.82, 2.24) is 15.0 Å². The van der Waals surface area contributed by atoms with Crippen molar-refractivity contribution in [2.75, 3.05) is 11.9 Å². The summed E-state index contributed by atoms with van der Waals surface area (Å²) in [6.07, 6.45) is 1.23. The van der Waals surface area contributed by atoms with E-state index in [1.807, 2.05) is 32.0 Å². The van der Waals surface area contributed by atoms with Gasteiger partial charge < -0.3 is 10.1 Å². The molecule has 3 rings (SSSR count). The molecule has 0 spiro atoms. The largest absolute Gasteiger partial charge is 0.431 e. The van der Waals surface area contributed by atoms with Crippen molar-refractivity contribution in [2.24, 2.45) is 0 Å². The third kappa shape index (κ3) is 2.94. The van der Waals surface area contributed by atoms with Crippen LogP contribution in [0.25, 0.3) is 10.9 Å². The number of rotatable bonds is 5. The van der Waals surface area contributed by atoms with Gasteiger partial charge in [-0.1, -0.05) is 18.2 Å². The van der Waals surface area contributed by atoms with Gasteiger partial charge in [0.2, 0.25) is 5.82 Å². The molecule has 0 amide bonds. The monoisotopic (exact) mass is 325 g/mol. The number of aromatic nitrogens is 3. The molecule has 2 heterocycles. The molecule has 0 aliphatic rings. The molecule has 0 fully saturated rings. The van der Waals surface area contributed by atoms with Crippen LogP contribution in [0.5, 0.6) is 11.6 Å². The molecule has 3 aromatic rings. The summed E-state index contributed by atoms with van der Waals surface area (Å²) in [5, 5.41) is 15.1. The van der Waals surface area contributed by atoms with Gasteiger partial charge in [-0.25, -0.2) is 9.97 Å². The maximum atomic E-state index is 11.4.